The molecule has 0 radical (unpaired) electrons. The van der Waals surface area contributed by atoms with Crippen molar-refractivity contribution in [3.8, 4) is 33.4 Å². The van der Waals surface area contributed by atoms with Crippen molar-refractivity contribution in [2.45, 2.75) is 85.5 Å². The van der Waals surface area contributed by atoms with E-state index in [-0.39, 0.29) is 23.1 Å². The predicted molar refractivity (Wildman–Crippen MR) is 269 cm³/mol. The largest absolute Gasteiger partial charge is 0.375 e. The molecule has 1 aromatic heterocycles. The van der Waals surface area contributed by atoms with Crippen molar-refractivity contribution >= 4 is 67.4 Å². The number of aromatic nitrogens is 1. The molecule has 8 aromatic carbocycles. The molecule has 2 nitrogen and oxygen atoms in total. The highest BCUT2D eigenvalue weighted by molar-refractivity contribution is 6.90. The fourth-order valence-electron chi connectivity index (χ4n) is 10.5. The lowest BCUT2D eigenvalue weighted by molar-refractivity contribution is 0.569. The Kier molecular flexibility index (Phi) is 8.31. The van der Waals surface area contributed by atoms with Crippen molar-refractivity contribution in [3.05, 3.63) is 174 Å². The van der Waals surface area contributed by atoms with Gasteiger partial charge in [-0.3, -0.25) is 0 Å². The van der Waals surface area contributed by atoms with Crippen LogP contribution in [-0.2, 0) is 16.2 Å². The van der Waals surface area contributed by atoms with Crippen molar-refractivity contribution in [3.63, 3.8) is 0 Å². The minimum absolute atomic E-state index is 0.0424. The predicted octanol–water partition coefficient (Wildman–Crippen LogP) is 14.9. The molecule has 0 unspecified atom stereocenters. The summed E-state index contributed by atoms with van der Waals surface area (Å²) in [6.45, 7) is 23.2. The number of benzene rings is 8. The van der Waals surface area contributed by atoms with Crippen LogP contribution in [0.25, 0.3) is 66.0 Å². The smallest absolute Gasteiger partial charge is 0.333 e. The number of hydrogen-bond donors (Lipinski definition) is 0. The molecule has 0 fully saturated rings. The first-order valence-electron chi connectivity index (χ1n) is 22.5. The third-order valence-corrected chi connectivity index (χ3v) is 13.9. The zero-order valence-electron chi connectivity index (χ0n) is 37.9. The van der Waals surface area contributed by atoms with Gasteiger partial charge in [-0.05, 0) is 131 Å². The van der Waals surface area contributed by atoms with E-state index in [1.807, 2.05) is 0 Å². The Labute approximate surface area is 368 Å². The molecule has 9 aromatic rings. The summed E-state index contributed by atoms with van der Waals surface area (Å²) >= 11 is 0. The van der Waals surface area contributed by atoms with E-state index in [0.717, 1.165) is 0 Å². The van der Waals surface area contributed by atoms with E-state index in [9.17, 15) is 0 Å². The summed E-state index contributed by atoms with van der Waals surface area (Å²) < 4.78 is 2.71. The topological polar surface area (TPSA) is 8.17 Å². The van der Waals surface area contributed by atoms with Crippen LogP contribution in [0.15, 0.2) is 152 Å². The highest BCUT2D eigenvalue weighted by Crippen LogP contribution is 2.49. The molecule has 0 atom stereocenters. The lowest BCUT2D eigenvalue weighted by atomic mass is 9.44. The lowest BCUT2D eigenvalue weighted by Crippen LogP contribution is -2.56. The van der Waals surface area contributed by atoms with Crippen molar-refractivity contribution in [1.82, 2.24) is 4.48 Å². The number of aryl methyl sites for hydroxylation is 1. The summed E-state index contributed by atoms with van der Waals surface area (Å²) in [5.74, 6) is 0. The Morgan fingerprint density at radius 2 is 1.10 bits per heavy atom. The Bertz CT molecular complexity index is 3270. The average Bonchev–Trinajstić information content (AvgIpc) is 3.59. The Balaban J connectivity index is 1.30. The van der Waals surface area contributed by atoms with Crippen LogP contribution in [0.5, 0.6) is 0 Å². The minimum atomic E-state index is -0.0588. The molecule has 2 aliphatic heterocycles. The summed E-state index contributed by atoms with van der Waals surface area (Å²) in [6, 6.07) is 58.5. The molecule has 0 amide bonds. The molecule has 0 spiro atoms. The molecular formula is C59H55BN2. The van der Waals surface area contributed by atoms with Crippen LogP contribution in [0.1, 0.15) is 84.6 Å². The molecule has 0 saturated heterocycles. The van der Waals surface area contributed by atoms with Crippen LogP contribution in [0.4, 0.5) is 17.1 Å². The van der Waals surface area contributed by atoms with Gasteiger partial charge in [-0.1, -0.05) is 178 Å². The number of rotatable bonds is 3. The fraction of sp³-hybridized carbons (Fsp3) is 0.220. The molecule has 11 rings (SSSR count). The zero-order chi connectivity index (χ0) is 43.0. The van der Waals surface area contributed by atoms with E-state index in [2.05, 4.69) is 230 Å². The standard InChI is InChI=1S/C59H55BN2/c1-36-16-11-13-18-45(36)39-25-28-51-50(31-39)60-55-49(47-20-15-21-48-54-46-19-14-12-17-38(46)24-29-52(54)62(60)56(47)48)30-40(37-22-26-41(27-23-37)57(2,3)4)32-53(55)61(51)44-34-42(58(5,6)7)33-43(35-44)59(8,9)10/h11-35H,1-10H3. The molecule has 0 bridgehead atoms. The quantitative estimate of drug-likeness (QED) is 0.162. The lowest BCUT2D eigenvalue weighted by Gasteiger charge is -2.42. The monoisotopic (exact) mass is 802 g/mol. The molecule has 304 valence electrons. The van der Waals surface area contributed by atoms with Gasteiger partial charge in [-0.2, -0.15) is 0 Å². The fourth-order valence-corrected chi connectivity index (χ4v) is 10.5. The number of nitrogens with zero attached hydrogens (tertiary/aromatic N) is 2. The summed E-state index contributed by atoms with van der Waals surface area (Å²) in [5, 5.41) is 5.22. The number of para-hydroxylation sites is 1. The summed E-state index contributed by atoms with van der Waals surface area (Å²) in [5.41, 5.74) is 21.9. The van der Waals surface area contributed by atoms with Crippen LogP contribution in [0, 0.1) is 6.92 Å². The molecule has 3 heterocycles. The Hall–Kier alpha value is -6.32. The zero-order valence-corrected chi connectivity index (χ0v) is 37.9. The average molecular weight is 803 g/mol. The van der Waals surface area contributed by atoms with Crippen molar-refractivity contribution in [2.75, 3.05) is 4.90 Å². The van der Waals surface area contributed by atoms with Crippen molar-refractivity contribution < 1.29 is 0 Å². The van der Waals surface area contributed by atoms with Gasteiger partial charge in [0, 0.05) is 44.4 Å². The van der Waals surface area contributed by atoms with E-state index in [1.165, 1.54) is 116 Å². The van der Waals surface area contributed by atoms with Gasteiger partial charge in [0.25, 0.3) is 0 Å². The van der Waals surface area contributed by atoms with Crippen LogP contribution in [0.2, 0.25) is 0 Å². The maximum Gasteiger partial charge on any atom is 0.333 e. The van der Waals surface area contributed by atoms with E-state index in [1.54, 1.807) is 0 Å². The summed E-state index contributed by atoms with van der Waals surface area (Å²) in [7, 11) is 0. The van der Waals surface area contributed by atoms with Gasteiger partial charge in [0.2, 0.25) is 0 Å². The molecule has 62 heavy (non-hydrogen) atoms. The van der Waals surface area contributed by atoms with Crippen LogP contribution >= 0.6 is 0 Å². The van der Waals surface area contributed by atoms with Crippen LogP contribution < -0.4 is 15.8 Å². The number of fused-ring (bicyclic) bond motifs is 9. The van der Waals surface area contributed by atoms with Crippen molar-refractivity contribution in [1.29, 1.82) is 0 Å². The van der Waals surface area contributed by atoms with E-state index >= 15 is 0 Å². The molecule has 0 saturated carbocycles. The second kappa shape index (κ2) is 13.3. The normalized spacial score (nSPS) is 13.6. The summed E-state index contributed by atoms with van der Waals surface area (Å²) in [6.07, 6.45) is 0. The SMILES string of the molecule is Cc1ccccc1-c1ccc2c(c1)B1c3c(cc(-c4ccc(C(C)(C)C)cc4)cc3N2c2cc(C(C)(C)C)cc(C(C)(C)C)c2)-c2cccc3c4c5ccccc5ccc4n1c23. The van der Waals surface area contributed by atoms with Gasteiger partial charge in [-0.25, -0.2) is 0 Å². The molecule has 3 heteroatoms. The highest BCUT2D eigenvalue weighted by Gasteiger charge is 2.43. The van der Waals surface area contributed by atoms with Gasteiger partial charge in [0.1, 0.15) is 0 Å². The van der Waals surface area contributed by atoms with E-state index in [4.69, 9.17) is 0 Å². The molecular weight excluding hydrogens is 747 g/mol. The molecule has 0 N–H and O–H groups in total. The third-order valence-electron chi connectivity index (χ3n) is 13.9. The molecule has 2 aliphatic rings. The van der Waals surface area contributed by atoms with E-state index < -0.39 is 0 Å². The van der Waals surface area contributed by atoms with Crippen molar-refractivity contribution in [2.24, 2.45) is 0 Å². The van der Waals surface area contributed by atoms with E-state index in [0.29, 0.717) is 0 Å². The summed E-state index contributed by atoms with van der Waals surface area (Å²) in [4.78, 5) is 2.62. The second-order valence-electron chi connectivity index (χ2n) is 21.1. The minimum Gasteiger partial charge on any atom is -0.375 e. The van der Waals surface area contributed by atoms with Crippen LogP contribution in [0.3, 0.4) is 0 Å². The van der Waals surface area contributed by atoms with Gasteiger partial charge in [0.05, 0.1) is 0 Å². The Morgan fingerprint density at radius 1 is 0.452 bits per heavy atom. The number of hydrogen-bond acceptors (Lipinski definition) is 1. The van der Waals surface area contributed by atoms with Gasteiger partial charge in [0.15, 0.2) is 0 Å². The first kappa shape index (κ1) is 38.6. The maximum atomic E-state index is 2.71. The maximum absolute atomic E-state index is 2.71. The van der Waals surface area contributed by atoms with Gasteiger partial charge >= 0.3 is 6.85 Å². The Morgan fingerprint density at radius 3 is 1.81 bits per heavy atom. The highest BCUT2D eigenvalue weighted by atomic mass is 15.2. The second-order valence-corrected chi connectivity index (χ2v) is 21.1. The number of anilines is 3. The van der Waals surface area contributed by atoms with Crippen LogP contribution in [-0.4, -0.2) is 11.3 Å². The first-order valence-corrected chi connectivity index (χ1v) is 22.5. The van der Waals surface area contributed by atoms with Gasteiger partial charge in [-0.15, -0.1) is 0 Å². The van der Waals surface area contributed by atoms with Gasteiger partial charge < -0.3 is 9.38 Å². The molecule has 0 aliphatic carbocycles. The third kappa shape index (κ3) is 5.84. The first-order chi connectivity index (χ1) is 29.6.